The summed E-state index contributed by atoms with van der Waals surface area (Å²) < 4.78 is 27.2. The summed E-state index contributed by atoms with van der Waals surface area (Å²) in [6, 6.07) is 14.6. The average Bonchev–Trinajstić information content (AvgIpc) is 3.58. The fourth-order valence-electron chi connectivity index (χ4n) is 3.80. The van der Waals surface area contributed by atoms with Crippen LogP contribution in [0.4, 0.5) is 5.69 Å². The number of nitrogens with zero attached hydrogens (tertiary/aromatic N) is 2. The van der Waals surface area contributed by atoms with Crippen LogP contribution in [0, 0.1) is 0 Å². The van der Waals surface area contributed by atoms with Crippen molar-refractivity contribution in [3.63, 3.8) is 0 Å². The Morgan fingerprint density at radius 3 is 2.23 bits per heavy atom. The summed E-state index contributed by atoms with van der Waals surface area (Å²) in [6.45, 7) is 2.72. The summed E-state index contributed by atoms with van der Waals surface area (Å²) in [4.78, 5) is 17.0. The third kappa shape index (κ3) is 5.02. The number of hydrogen-bond donors (Lipinski definition) is 1. The molecule has 0 spiro atoms. The SMILES string of the molecule is CN(Cc1ccc(N2CCCCC2)cc1)C(=O)c1ccc(S(=O)(=O)NC2CC2)cc1. The van der Waals surface area contributed by atoms with Crippen LogP contribution in [0.3, 0.4) is 0 Å². The van der Waals surface area contributed by atoms with E-state index in [0.29, 0.717) is 12.1 Å². The van der Waals surface area contributed by atoms with Gasteiger partial charge in [-0.15, -0.1) is 0 Å². The minimum atomic E-state index is -3.50. The highest BCUT2D eigenvalue weighted by molar-refractivity contribution is 7.89. The Morgan fingerprint density at radius 2 is 1.63 bits per heavy atom. The molecule has 160 valence electrons. The summed E-state index contributed by atoms with van der Waals surface area (Å²) >= 11 is 0. The van der Waals surface area contributed by atoms with E-state index in [1.165, 1.54) is 37.1 Å². The highest BCUT2D eigenvalue weighted by atomic mass is 32.2. The lowest BCUT2D eigenvalue weighted by molar-refractivity contribution is 0.0785. The first-order valence-electron chi connectivity index (χ1n) is 10.6. The van der Waals surface area contributed by atoms with Crippen LogP contribution < -0.4 is 9.62 Å². The van der Waals surface area contributed by atoms with E-state index < -0.39 is 10.0 Å². The Bertz CT molecular complexity index is 977. The molecule has 1 heterocycles. The lowest BCUT2D eigenvalue weighted by atomic mass is 10.1. The lowest BCUT2D eigenvalue weighted by Crippen LogP contribution is -2.29. The molecule has 0 unspecified atom stereocenters. The van der Waals surface area contributed by atoms with E-state index in [0.717, 1.165) is 31.5 Å². The van der Waals surface area contributed by atoms with Gasteiger partial charge in [0, 0.05) is 44.0 Å². The van der Waals surface area contributed by atoms with Crippen molar-refractivity contribution in [3.8, 4) is 0 Å². The molecule has 1 aliphatic carbocycles. The third-order valence-corrected chi connectivity index (χ3v) is 7.27. The predicted octanol–water partition coefficient (Wildman–Crippen LogP) is 3.39. The van der Waals surface area contributed by atoms with Crippen molar-refractivity contribution in [3.05, 3.63) is 59.7 Å². The van der Waals surface area contributed by atoms with Gasteiger partial charge in [0.2, 0.25) is 10.0 Å². The molecule has 4 rings (SSSR count). The number of nitrogens with one attached hydrogen (secondary N) is 1. The molecule has 2 aromatic carbocycles. The normalized spacial score (nSPS) is 17.0. The average molecular weight is 428 g/mol. The second-order valence-electron chi connectivity index (χ2n) is 8.30. The van der Waals surface area contributed by atoms with Crippen LogP contribution >= 0.6 is 0 Å². The van der Waals surface area contributed by atoms with Crippen LogP contribution in [0.25, 0.3) is 0 Å². The first-order chi connectivity index (χ1) is 14.4. The van der Waals surface area contributed by atoms with Gasteiger partial charge in [0.1, 0.15) is 0 Å². The molecule has 1 saturated carbocycles. The van der Waals surface area contributed by atoms with Gasteiger partial charge in [0.25, 0.3) is 5.91 Å². The van der Waals surface area contributed by atoms with Crippen molar-refractivity contribution < 1.29 is 13.2 Å². The molecule has 1 saturated heterocycles. The van der Waals surface area contributed by atoms with Crippen molar-refractivity contribution in [1.29, 1.82) is 0 Å². The smallest absolute Gasteiger partial charge is 0.253 e. The molecular formula is C23H29N3O3S. The largest absolute Gasteiger partial charge is 0.372 e. The molecular weight excluding hydrogens is 398 g/mol. The molecule has 2 fully saturated rings. The maximum atomic E-state index is 12.8. The van der Waals surface area contributed by atoms with Crippen LogP contribution in [0.2, 0.25) is 0 Å². The quantitative estimate of drug-likeness (QED) is 0.735. The molecule has 1 aliphatic heterocycles. The van der Waals surface area contributed by atoms with Gasteiger partial charge in [-0.2, -0.15) is 0 Å². The molecule has 0 bridgehead atoms. The Morgan fingerprint density at radius 1 is 1.00 bits per heavy atom. The number of amides is 1. The lowest BCUT2D eigenvalue weighted by Gasteiger charge is -2.29. The fourth-order valence-corrected chi connectivity index (χ4v) is 5.10. The minimum absolute atomic E-state index is 0.0590. The number of carbonyl (C=O) groups is 1. The van der Waals surface area contributed by atoms with Crippen molar-refractivity contribution in [2.45, 2.75) is 49.6 Å². The molecule has 30 heavy (non-hydrogen) atoms. The van der Waals surface area contributed by atoms with Crippen LogP contribution in [-0.2, 0) is 16.6 Å². The van der Waals surface area contributed by atoms with E-state index in [1.54, 1.807) is 24.1 Å². The van der Waals surface area contributed by atoms with Crippen molar-refractivity contribution in [1.82, 2.24) is 9.62 Å². The second kappa shape index (κ2) is 8.78. The number of anilines is 1. The summed E-state index contributed by atoms with van der Waals surface area (Å²) in [6.07, 6.45) is 5.58. The maximum absolute atomic E-state index is 12.8. The van der Waals surface area contributed by atoms with Crippen molar-refractivity contribution in [2.24, 2.45) is 0 Å². The van der Waals surface area contributed by atoms with Crippen LogP contribution in [0.1, 0.15) is 48.0 Å². The van der Waals surface area contributed by atoms with E-state index >= 15 is 0 Å². The highest BCUT2D eigenvalue weighted by Gasteiger charge is 2.28. The van der Waals surface area contributed by atoms with Gasteiger partial charge in [0.05, 0.1) is 4.90 Å². The molecule has 6 nitrogen and oxygen atoms in total. The number of hydrogen-bond acceptors (Lipinski definition) is 4. The van der Waals surface area contributed by atoms with E-state index in [2.05, 4.69) is 33.9 Å². The Kier molecular flexibility index (Phi) is 6.11. The van der Waals surface area contributed by atoms with E-state index in [1.807, 2.05) is 0 Å². The van der Waals surface area contributed by atoms with E-state index in [9.17, 15) is 13.2 Å². The van der Waals surface area contributed by atoms with Crippen LogP contribution in [-0.4, -0.2) is 45.4 Å². The summed E-state index contributed by atoms with van der Waals surface area (Å²) in [5.41, 5.74) is 2.79. The highest BCUT2D eigenvalue weighted by Crippen LogP contribution is 2.23. The first kappa shape index (κ1) is 20.9. The Balaban J connectivity index is 1.37. The van der Waals surface area contributed by atoms with Gasteiger partial charge in [-0.05, 0) is 74.1 Å². The van der Waals surface area contributed by atoms with Gasteiger partial charge < -0.3 is 9.80 Å². The first-order valence-corrected chi connectivity index (χ1v) is 12.1. The molecule has 0 atom stereocenters. The Labute approximate surface area is 178 Å². The van der Waals surface area contributed by atoms with Gasteiger partial charge in [-0.3, -0.25) is 4.79 Å². The van der Waals surface area contributed by atoms with Gasteiger partial charge in [-0.25, -0.2) is 13.1 Å². The number of piperidine rings is 1. The zero-order valence-corrected chi connectivity index (χ0v) is 18.2. The number of benzene rings is 2. The summed E-state index contributed by atoms with van der Waals surface area (Å²) in [5.74, 6) is -0.130. The van der Waals surface area contributed by atoms with Gasteiger partial charge in [0.15, 0.2) is 0 Å². The number of rotatable bonds is 7. The van der Waals surface area contributed by atoms with Crippen molar-refractivity contribution >= 4 is 21.6 Å². The molecule has 1 amide bonds. The molecule has 0 aromatic heterocycles. The summed E-state index contributed by atoms with van der Waals surface area (Å²) in [7, 11) is -1.74. The monoisotopic (exact) mass is 427 g/mol. The topological polar surface area (TPSA) is 69.7 Å². The van der Waals surface area contributed by atoms with Crippen molar-refractivity contribution in [2.75, 3.05) is 25.0 Å². The molecule has 7 heteroatoms. The van der Waals surface area contributed by atoms with Gasteiger partial charge >= 0.3 is 0 Å². The van der Waals surface area contributed by atoms with E-state index in [-0.39, 0.29) is 16.8 Å². The minimum Gasteiger partial charge on any atom is -0.372 e. The molecule has 2 aromatic rings. The van der Waals surface area contributed by atoms with Gasteiger partial charge in [-0.1, -0.05) is 12.1 Å². The zero-order valence-electron chi connectivity index (χ0n) is 17.4. The van der Waals surface area contributed by atoms with Crippen LogP contribution in [0.5, 0.6) is 0 Å². The third-order valence-electron chi connectivity index (χ3n) is 5.73. The number of carbonyl (C=O) groups excluding carboxylic acids is 1. The number of sulfonamides is 1. The summed E-state index contributed by atoms with van der Waals surface area (Å²) in [5, 5.41) is 0. The standard InChI is InChI=1S/C23H29N3O3S/c1-25(17-18-5-11-21(12-6-18)26-15-3-2-4-16-26)23(27)19-7-13-22(14-8-19)30(28,29)24-20-9-10-20/h5-8,11-14,20,24H,2-4,9-10,15-17H2,1H3. The van der Waals surface area contributed by atoms with E-state index in [4.69, 9.17) is 0 Å². The van der Waals surface area contributed by atoms with Crippen LogP contribution in [0.15, 0.2) is 53.4 Å². The second-order valence-corrected chi connectivity index (χ2v) is 10.0. The predicted molar refractivity (Wildman–Crippen MR) is 118 cm³/mol. The fraction of sp³-hybridized carbons (Fsp3) is 0.435. The Hall–Kier alpha value is -2.38. The molecule has 2 aliphatic rings. The maximum Gasteiger partial charge on any atom is 0.253 e. The molecule has 0 radical (unpaired) electrons. The zero-order chi connectivity index (χ0) is 21.1. The molecule has 1 N–H and O–H groups in total.